The summed E-state index contributed by atoms with van der Waals surface area (Å²) in [6.45, 7) is 2.64. The highest BCUT2D eigenvalue weighted by atomic mass is 16.3. The predicted octanol–water partition coefficient (Wildman–Crippen LogP) is 3.55. The van der Waals surface area contributed by atoms with Gasteiger partial charge in [0.05, 0.1) is 17.9 Å². The maximum absolute atomic E-state index is 12.4. The Morgan fingerprint density at radius 2 is 2.22 bits per heavy atom. The first-order chi connectivity index (χ1) is 15.6. The van der Waals surface area contributed by atoms with E-state index in [0.29, 0.717) is 35.7 Å². The predicted molar refractivity (Wildman–Crippen MR) is 120 cm³/mol. The molecule has 2 amide bonds. The number of fused-ring (bicyclic) bond motifs is 3. The summed E-state index contributed by atoms with van der Waals surface area (Å²) in [4.78, 5) is 14.8. The van der Waals surface area contributed by atoms with Crippen molar-refractivity contribution >= 4 is 11.7 Å². The minimum Gasteiger partial charge on any atom is -0.463 e. The highest BCUT2D eigenvalue weighted by Crippen LogP contribution is 2.42. The summed E-state index contributed by atoms with van der Waals surface area (Å²) in [6, 6.07) is 15.1. The average molecular weight is 431 g/mol. The minimum absolute atomic E-state index is 0.242. The second-order valence-corrected chi connectivity index (χ2v) is 8.62. The standard InChI is InChI=1S/C24H26N6O2/c1-29-22(12-21(28-29)23-6-3-9-32-23)20-15-30-8-7-17(20)11-19(30)14-26-24(31)27-18-5-2-4-16(10-18)13-25/h2-6,9-10,12,17,19-20H,7-8,11,14-15H2,1H3,(H2,26,27,31)/t17-,19+,20-/m0/s1. The molecular formula is C24H26N6O2. The number of aromatic nitrogens is 2. The van der Waals surface area contributed by atoms with E-state index < -0.39 is 0 Å². The molecule has 0 saturated carbocycles. The van der Waals surface area contributed by atoms with Crippen LogP contribution in [0.15, 0.2) is 53.1 Å². The van der Waals surface area contributed by atoms with Crippen molar-refractivity contribution in [3.05, 3.63) is 60.0 Å². The van der Waals surface area contributed by atoms with Crippen molar-refractivity contribution in [1.82, 2.24) is 20.0 Å². The molecule has 8 heteroatoms. The van der Waals surface area contributed by atoms with Gasteiger partial charge in [0.1, 0.15) is 5.69 Å². The molecule has 1 unspecified atom stereocenters. The third-order valence-electron chi connectivity index (χ3n) is 6.70. The maximum atomic E-state index is 12.4. The van der Waals surface area contributed by atoms with Gasteiger partial charge in [-0.15, -0.1) is 0 Å². The molecule has 1 aromatic carbocycles. The summed E-state index contributed by atoms with van der Waals surface area (Å²) in [5, 5.41) is 19.5. The molecule has 3 aliphatic heterocycles. The number of anilines is 1. The monoisotopic (exact) mass is 430 g/mol. The molecule has 0 aliphatic carbocycles. The van der Waals surface area contributed by atoms with Crippen LogP contribution in [0.5, 0.6) is 0 Å². The van der Waals surface area contributed by atoms with Crippen LogP contribution < -0.4 is 10.6 Å². The number of nitrogens with one attached hydrogen (secondary N) is 2. The van der Waals surface area contributed by atoms with Gasteiger partial charge in [-0.3, -0.25) is 9.58 Å². The molecule has 2 aromatic heterocycles. The van der Waals surface area contributed by atoms with E-state index in [1.165, 1.54) is 5.69 Å². The zero-order valence-electron chi connectivity index (χ0n) is 18.0. The number of carbonyl (C=O) groups is 1. The third-order valence-corrected chi connectivity index (χ3v) is 6.70. The van der Waals surface area contributed by atoms with Gasteiger partial charge < -0.3 is 15.1 Å². The van der Waals surface area contributed by atoms with Crippen LogP contribution in [0, 0.1) is 17.2 Å². The zero-order valence-corrected chi connectivity index (χ0v) is 18.0. The number of carbonyl (C=O) groups excluding carboxylic acids is 1. The number of benzene rings is 1. The molecular weight excluding hydrogens is 404 g/mol. The van der Waals surface area contributed by atoms with E-state index in [0.717, 1.165) is 37.4 Å². The number of hydrogen-bond acceptors (Lipinski definition) is 5. The normalized spacial score (nSPS) is 24.1. The van der Waals surface area contributed by atoms with Crippen molar-refractivity contribution in [2.24, 2.45) is 13.0 Å². The van der Waals surface area contributed by atoms with Crippen LogP contribution in [0.25, 0.3) is 11.5 Å². The Labute approximate surface area is 186 Å². The van der Waals surface area contributed by atoms with Gasteiger partial charge in [0.25, 0.3) is 0 Å². The lowest BCUT2D eigenvalue weighted by Gasteiger charge is -2.49. The third kappa shape index (κ3) is 3.99. The summed E-state index contributed by atoms with van der Waals surface area (Å²) in [6.07, 6.45) is 3.89. The Balaban J connectivity index is 1.19. The Morgan fingerprint density at radius 1 is 1.31 bits per heavy atom. The Bertz CT molecular complexity index is 1150. The molecule has 0 spiro atoms. The molecule has 3 aliphatic rings. The van der Waals surface area contributed by atoms with Crippen LogP contribution in [-0.4, -0.2) is 46.4 Å². The molecule has 164 valence electrons. The number of aryl methyl sites for hydroxylation is 1. The van der Waals surface area contributed by atoms with E-state index in [4.69, 9.17) is 9.68 Å². The molecule has 8 nitrogen and oxygen atoms in total. The fourth-order valence-electron chi connectivity index (χ4n) is 5.11. The van der Waals surface area contributed by atoms with Crippen LogP contribution in [0.1, 0.15) is 30.0 Å². The molecule has 3 fully saturated rings. The molecule has 2 bridgehead atoms. The fourth-order valence-corrected chi connectivity index (χ4v) is 5.11. The van der Waals surface area contributed by atoms with Gasteiger partial charge in [-0.1, -0.05) is 6.07 Å². The van der Waals surface area contributed by atoms with Crippen molar-refractivity contribution in [3.63, 3.8) is 0 Å². The molecule has 4 atom stereocenters. The molecule has 5 heterocycles. The Kier molecular flexibility index (Phi) is 5.41. The van der Waals surface area contributed by atoms with Gasteiger partial charge in [0, 0.05) is 43.5 Å². The largest absolute Gasteiger partial charge is 0.463 e. The zero-order chi connectivity index (χ0) is 22.1. The second kappa shape index (κ2) is 8.52. The van der Waals surface area contributed by atoms with Gasteiger partial charge in [-0.2, -0.15) is 10.4 Å². The molecule has 3 saturated heterocycles. The number of piperidine rings is 3. The van der Waals surface area contributed by atoms with Gasteiger partial charge in [-0.05, 0) is 61.7 Å². The van der Waals surface area contributed by atoms with Crippen LogP contribution in [0.3, 0.4) is 0 Å². The fraction of sp³-hybridized carbons (Fsp3) is 0.375. The SMILES string of the molecule is Cn1nc(-c2ccco2)cc1[C@H]1CN2CC[C@H]1C[C@@H]2CNC(=O)Nc1cccc(C#N)c1. The highest BCUT2D eigenvalue weighted by molar-refractivity contribution is 5.89. The van der Waals surface area contributed by atoms with E-state index in [-0.39, 0.29) is 6.03 Å². The number of furan rings is 1. The maximum Gasteiger partial charge on any atom is 0.319 e. The lowest BCUT2D eigenvalue weighted by molar-refractivity contribution is 0.0296. The minimum atomic E-state index is -0.242. The van der Waals surface area contributed by atoms with Gasteiger partial charge in [0.2, 0.25) is 0 Å². The summed E-state index contributed by atoms with van der Waals surface area (Å²) >= 11 is 0. The van der Waals surface area contributed by atoms with Crippen LogP contribution in [0.2, 0.25) is 0 Å². The summed E-state index contributed by atoms with van der Waals surface area (Å²) < 4.78 is 7.50. The molecule has 6 rings (SSSR count). The average Bonchev–Trinajstić information content (AvgIpc) is 3.48. The van der Waals surface area contributed by atoms with Gasteiger partial charge in [0.15, 0.2) is 5.76 Å². The van der Waals surface area contributed by atoms with Gasteiger partial charge in [-0.25, -0.2) is 4.79 Å². The first kappa shape index (κ1) is 20.3. The summed E-state index contributed by atoms with van der Waals surface area (Å²) in [5.41, 5.74) is 3.26. The van der Waals surface area contributed by atoms with Crippen LogP contribution >= 0.6 is 0 Å². The van der Waals surface area contributed by atoms with Gasteiger partial charge >= 0.3 is 6.03 Å². The Morgan fingerprint density at radius 3 is 2.97 bits per heavy atom. The van der Waals surface area contributed by atoms with Crippen LogP contribution in [-0.2, 0) is 7.05 Å². The Hall–Kier alpha value is -3.57. The topological polar surface area (TPSA) is 99.1 Å². The van der Waals surface area contributed by atoms with Crippen molar-refractivity contribution in [2.75, 3.05) is 25.0 Å². The van der Waals surface area contributed by atoms with Crippen molar-refractivity contribution in [1.29, 1.82) is 5.26 Å². The number of nitrogens with zero attached hydrogens (tertiary/aromatic N) is 4. The lowest BCUT2D eigenvalue weighted by Crippen LogP contribution is -2.56. The number of rotatable bonds is 5. The molecule has 3 aromatic rings. The smallest absolute Gasteiger partial charge is 0.319 e. The number of urea groups is 1. The number of hydrogen-bond donors (Lipinski definition) is 2. The van der Waals surface area contributed by atoms with E-state index >= 15 is 0 Å². The summed E-state index contributed by atoms with van der Waals surface area (Å²) in [7, 11) is 2.00. The second-order valence-electron chi connectivity index (χ2n) is 8.62. The van der Waals surface area contributed by atoms with Crippen LogP contribution in [0.4, 0.5) is 10.5 Å². The highest BCUT2D eigenvalue weighted by Gasteiger charge is 2.41. The molecule has 32 heavy (non-hydrogen) atoms. The van der Waals surface area contributed by atoms with Crippen molar-refractivity contribution in [3.8, 4) is 17.5 Å². The van der Waals surface area contributed by atoms with E-state index in [9.17, 15) is 4.79 Å². The van der Waals surface area contributed by atoms with E-state index in [1.54, 1.807) is 30.5 Å². The summed E-state index contributed by atoms with van der Waals surface area (Å²) in [5.74, 6) is 1.80. The van der Waals surface area contributed by atoms with Crippen molar-refractivity contribution in [2.45, 2.75) is 24.8 Å². The molecule has 0 radical (unpaired) electrons. The first-order valence-corrected chi connectivity index (χ1v) is 11.0. The van der Waals surface area contributed by atoms with E-state index in [1.807, 2.05) is 23.9 Å². The molecule has 2 N–H and O–H groups in total. The first-order valence-electron chi connectivity index (χ1n) is 11.0. The van der Waals surface area contributed by atoms with E-state index in [2.05, 4.69) is 32.8 Å². The number of nitriles is 1. The quantitative estimate of drug-likeness (QED) is 0.645. The van der Waals surface area contributed by atoms with Crippen molar-refractivity contribution < 1.29 is 9.21 Å². The lowest BCUT2D eigenvalue weighted by atomic mass is 9.74. The number of amides is 2.